The maximum atomic E-state index is 13.4. The van der Waals surface area contributed by atoms with E-state index in [4.69, 9.17) is 14.0 Å². The van der Waals surface area contributed by atoms with Crippen molar-refractivity contribution in [3.05, 3.63) is 95.9 Å². The van der Waals surface area contributed by atoms with Gasteiger partial charge >= 0.3 is 0 Å². The van der Waals surface area contributed by atoms with Crippen LogP contribution in [-0.4, -0.2) is 48.3 Å². The maximum absolute atomic E-state index is 13.4. The van der Waals surface area contributed by atoms with Gasteiger partial charge in [-0.05, 0) is 48.7 Å². The third-order valence-corrected chi connectivity index (χ3v) is 6.90. The van der Waals surface area contributed by atoms with Crippen LogP contribution in [-0.2, 0) is 11.3 Å². The number of nitrogens with zero attached hydrogens (tertiary/aromatic N) is 3. The average Bonchev–Trinajstić information content (AvgIpc) is 3.44. The Kier molecular flexibility index (Phi) is 7.99. The molecule has 0 spiro atoms. The molecule has 38 heavy (non-hydrogen) atoms. The molecule has 5 rings (SSSR count). The molecular formula is C30H32N4O4. The monoisotopic (exact) mass is 512 g/mol. The molecule has 3 aromatic carbocycles. The zero-order chi connectivity index (χ0) is 26.3. The zero-order valence-electron chi connectivity index (χ0n) is 21.7. The second-order valence-corrected chi connectivity index (χ2v) is 9.42. The van der Waals surface area contributed by atoms with Gasteiger partial charge in [-0.1, -0.05) is 65.8 Å². The van der Waals surface area contributed by atoms with Crippen LogP contribution in [0.5, 0.6) is 11.5 Å². The van der Waals surface area contributed by atoms with Crippen molar-refractivity contribution in [3.8, 4) is 22.9 Å². The molecule has 0 radical (unpaired) electrons. The molecule has 1 atom stereocenters. The Bertz CT molecular complexity index is 1300. The first-order chi connectivity index (χ1) is 18.6. The van der Waals surface area contributed by atoms with Crippen molar-refractivity contribution < 1.29 is 18.8 Å². The fraction of sp³-hybridized carbons (Fsp3) is 0.300. The van der Waals surface area contributed by atoms with Gasteiger partial charge in [-0.3, -0.25) is 9.69 Å². The van der Waals surface area contributed by atoms with Gasteiger partial charge in [-0.2, -0.15) is 4.98 Å². The molecule has 1 amide bonds. The summed E-state index contributed by atoms with van der Waals surface area (Å²) in [6, 6.07) is 25.5. The molecule has 8 heteroatoms. The van der Waals surface area contributed by atoms with Gasteiger partial charge < -0.3 is 19.3 Å². The van der Waals surface area contributed by atoms with E-state index < -0.39 is 0 Å². The minimum absolute atomic E-state index is 0.0592. The second-order valence-electron chi connectivity index (χ2n) is 9.42. The lowest BCUT2D eigenvalue weighted by atomic mass is 9.94. The van der Waals surface area contributed by atoms with E-state index in [2.05, 4.69) is 44.6 Å². The molecule has 1 N–H and O–H groups in total. The van der Waals surface area contributed by atoms with Gasteiger partial charge in [0.2, 0.25) is 17.6 Å². The summed E-state index contributed by atoms with van der Waals surface area (Å²) in [4.78, 5) is 20.2. The van der Waals surface area contributed by atoms with Crippen LogP contribution in [0, 0.1) is 5.92 Å². The number of hydrogen-bond donors (Lipinski definition) is 1. The second kappa shape index (κ2) is 11.9. The molecule has 196 valence electrons. The van der Waals surface area contributed by atoms with Crippen molar-refractivity contribution in [2.24, 2.45) is 5.92 Å². The number of hydrogen-bond acceptors (Lipinski definition) is 7. The number of aromatic nitrogens is 2. The molecular weight excluding hydrogens is 480 g/mol. The van der Waals surface area contributed by atoms with Crippen LogP contribution in [0.25, 0.3) is 11.4 Å². The number of piperidine rings is 1. The summed E-state index contributed by atoms with van der Waals surface area (Å²) in [6.45, 7) is 2.00. The predicted octanol–water partition coefficient (Wildman–Crippen LogP) is 4.87. The summed E-state index contributed by atoms with van der Waals surface area (Å²) in [5.74, 6) is 2.18. The first-order valence-corrected chi connectivity index (χ1v) is 12.8. The van der Waals surface area contributed by atoms with Crippen LogP contribution in [0.15, 0.2) is 83.4 Å². The summed E-state index contributed by atoms with van der Waals surface area (Å²) in [5.41, 5.74) is 2.91. The highest BCUT2D eigenvalue weighted by Crippen LogP contribution is 2.31. The van der Waals surface area contributed by atoms with Gasteiger partial charge in [0.15, 0.2) is 11.5 Å². The number of benzene rings is 3. The molecule has 0 aliphatic carbocycles. The van der Waals surface area contributed by atoms with E-state index in [0.29, 0.717) is 36.3 Å². The predicted molar refractivity (Wildman–Crippen MR) is 144 cm³/mol. The van der Waals surface area contributed by atoms with Gasteiger partial charge in [-0.15, -0.1) is 0 Å². The Hall–Kier alpha value is -4.17. The third-order valence-electron chi connectivity index (χ3n) is 6.90. The maximum Gasteiger partial charge on any atom is 0.241 e. The Labute approximate surface area is 222 Å². The van der Waals surface area contributed by atoms with Crippen LogP contribution >= 0.6 is 0 Å². The van der Waals surface area contributed by atoms with E-state index in [1.54, 1.807) is 14.2 Å². The summed E-state index contributed by atoms with van der Waals surface area (Å²) in [7, 11) is 3.19. The summed E-state index contributed by atoms with van der Waals surface area (Å²) < 4.78 is 16.2. The van der Waals surface area contributed by atoms with E-state index in [-0.39, 0.29) is 17.9 Å². The first-order valence-electron chi connectivity index (χ1n) is 12.8. The SMILES string of the molecule is COc1ccc(-c2noc(CN3CCCC(C(=O)NC(c4ccccc4)c4ccccc4)C3)n2)cc1OC. The Balaban J connectivity index is 1.25. The van der Waals surface area contributed by atoms with Crippen LogP contribution in [0.1, 0.15) is 35.9 Å². The molecule has 1 aliphatic heterocycles. The van der Waals surface area contributed by atoms with Gasteiger partial charge in [0.1, 0.15) is 0 Å². The molecule has 1 aromatic heterocycles. The first kappa shape index (κ1) is 25.5. The van der Waals surface area contributed by atoms with Crippen molar-refractivity contribution in [3.63, 3.8) is 0 Å². The minimum atomic E-state index is -0.194. The number of ether oxygens (including phenoxy) is 2. The normalized spacial score (nSPS) is 15.8. The van der Waals surface area contributed by atoms with Gasteiger partial charge in [0, 0.05) is 12.1 Å². The number of methoxy groups -OCH3 is 2. The van der Waals surface area contributed by atoms with E-state index in [1.165, 1.54) is 0 Å². The van der Waals surface area contributed by atoms with Gasteiger partial charge in [0.05, 0.1) is 32.7 Å². The fourth-order valence-electron chi connectivity index (χ4n) is 4.93. The van der Waals surface area contributed by atoms with Crippen molar-refractivity contribution in [1.82, 2.24) is 20.4 Å². The van der Waals surface area contributed by atoms with Crippen molar-refractivity contribution in [2.45, 2.75) is 25.4 Å². The number of carbonyl (C=O) groups is 1. The standard InChI is InChI=1S/C30H32N4O4/c1-36-25-16-15-23(18-26(25)37-2)29-31-27(38-33-29)20-34-17-9-14-24(19-34)30(35)32-28(21-10-5-3-6-11-21)22-12-7-4-8-13-22/h3-8,10-13,15-16,18,24,28H,9,14,17,19-20H2,1-2H3,(H,32,35). The number of amides is 1. The minimum Gasteiger partial charge on any atom is -0.493 e. The largest absolute Gasteiger partial charge is 0.493 e. The lowest BCUT2D eigenvalue weighted by molar-refractivity contribution is -0.127. The Morgan fingerprint density at radius 1 is 1.00 bits per heavy atom. The molecule has 1 unspecified atom stereocenters. The summed E-state index contributed by atoms with van der Waals surface area (Å²) >= 11 is 0. The topological polar surface area (TPSA) is 89.7 Å². The van der Waals surface area contributed by atoms with Crippen molar-refractivity contribution in [2.75, 3.05) is 27.3 Å². The third kappa shape index (κ3) is 5.86. The van der Waals surface area contributed by atoms with Crippen LogP contribution in [0.2, 0.25) is 0 Å². The summed E-state index contributed by atoms with van der Waals surface area (Å²) in [5, 5.41) is 7.47. The van der Waals surface area contributed by atoms with Crippen molar-refractivity contribution in [1.29, 1.82) is 0 Å². The lowest BCUT2D eigenvalue weighted by Gasteiger charge is -2.32. The summed E-state index contributed by atoms with van der Waals surface area (Å²) in [6.07, 6.45) is 1.77. The van der Waals surface area contributed by atoms with Crippen LogP contribution in [0.3, 0.4) is 0 Å². The molecule has 4 aromatic rings. The van der Waals surface area contributed by atoms with E-state index in [1.807, 2.05) is 54.6 Å². The number of likely N-dealkylation sites (tertiary alicyclic amines) is 1. The fourth-order valence-corrected chi connectivity index (χ4v) is 4.93. The molecule has 1 fully saturated rings. The molecule has 2 heterocycles. The average molecular weight is 513 g/mol. The highest BCUT2D eigenvalue weighted by molar-refractivity contribution is 5.80. The molecule has 8 nitrogen and oxygen atoms in total. The van der Waals surface area contributed by atoms with E-state index in [9.17, 15) is 4.79 Å². The highest BCUT2D eigenvalue weighted by Gasteiger charge is 2.29. The smallest absolute Gasteiger partial charge is 0.241 e. The quantitative estimate of drug-likeness (QED) is 0.342. The molecule has 1 saturated heterocycles. The van der Waals surface area contributed by atoms with Crippen LogP contribution < -0.4 is 14.8 Å². The van der Waals surface area contributed by atoms with Crippen molar-refractivity contribution >= 4 is 5.91 Å². The highest BCUT2D eigenvalue weighted by atomic mass is 16.5. The van der Waals surface area contributed by atoms with E-state index >= 15 is 0 Å². The zero-order valence-corrected chi connectivity index (χ0v) is 21.7. The molecule has 1 aliphatic rings. The van der Waals surface area contributed by atoms with E-state index in [0.717, 1.165) is 36.1 Å². The van der Waals surface area contributed by atoms with Crippen LogP contribution in [0.4, 0.5) is 0 Å². The number of carbonyl (C=O) groups excluding carboxylic acids is 1. The lowest BCUT2D eigenvalue weighted by Crippen LogP contribution is -2.43. The van der Waals surface area contributed by atoms with Gasteiger partial charge in [-0.25, -0.2) is 0 Å². The molecule has 0 saturated carbocycles. The number of nitrogens with one attached hydrogen (secondary N) is 1. The Morgan fingerprint density at radius 2 is 1.68 bits per heavy atom. The van der Waals surface area contributed by atoms with Gasteiger partial charge in [0.25, 0.3) is 0 Å². The molecule has 0 bridgehead atoms. The Morgan fingerprint density at radius 3 is 2.34 bits per heavy atom. The number of rotatable bonds is 9.